The number of carbonyl (C=O) groups is 1. The number of rotatable bonds is 4. The van der Waals surface area contributed by atoms with Crippen LogP contribution in [-0.4, -0.2) is 20.3 Å². The molecule has 0 aliphatic rings. The number of H-pyrrole nitrogens is 1. The van der Waals surface area contributed by atoms with Gasteiger partial charge in [-0.15, -0.1) is 0 Å². The molecular weight excluding hydrogens is 419 g/mol. The minimum atomic E-state index is -0.385. The van der Waals surface area contributed by atoms with Crippen molar-refractivity contribution in [1.82, 2.24) is 14.5 Å². The molecule has 0 bridgehead atoms. The highest BCUT2D eigenvalue weighted by atomic mass is 19.1. The Labute approximate surface area is 188 Å². The Kier molecular flexibility index (Phi) is 4.82. The zero-order chi connectivity index (χ0) is 23.3. The van der Waals surface area contributed by atoms with Gasteiger partial charge < -0.3 is 15.3 Å². The minimum Gasteiger partial charge on any atom is -0.384 e. The van der Waals surface area contributed by atoms with E-state index in [1.165, 1.54) is 19.2 Å². The molecule has 0 aliphatic carbocycles. The third-order valence-electron chi connectivity index (χ3n) is 5.91. The van der Waals surface area contributed by atoms with E-state index in [2.05, 4.69) is 9.97 Å². The third kappa shape index (κ3) is 3.38. The van der Waals surface area contributed by atoms with Crippen molar-refractivity contribution in [3.63, 3.8) is 0 Å². The van der Waals surface area contributed by atoms with Crippen LogP contribution >= 0.6 is 0 Å². The maximum Gasteiger partial charge on any atom is 0.255 e. The molecule has 0 saturated carbocycles. The summed E-state index contributed by atoms with van der Waals surface area (Å²) in [6.45, 7) is 3.37. The van der Waals surface area contributed by atoms with E-state index in [1.54, 1.807) is 35.8 Å². The summed E-state index contributed by atoms with van der Waals surface area (Å²) in [6, 6.07) is 15.8. The largest absolute Gasteiger partial charge is 0.384 e. The predicted octanol–water partition coefficient (Wildman–Crippen LogP) is 4.83. The van der Waals surface area contributed by atoms with Gasteiger partial charge in [-0.25, -0.2) is 9.37 Å². The average molecular weight is 440 g/mol. The number of halogens is 1. The van der Waals surface area contributed by atoms with Gasteiger partial charge >= 0.3 is 0 Å². The molecular formula is C26H21FN4O2. The van der Waals surface area contributed by atoms with Gasteiger partial charge in [0.15, 0.2) is 5.78 Å². The average Bonchev–Trinajstić information content (AvgIpc) is 3.07. The van der Waals surface area contributed by atoms with Gasteiger partial charge in [0.2, 0.25) is 0 Å². The summed E-state index contributed by atoms with van der Waals surface area (Å²) < 4.78 is 16.5. The number of Topliss-reactive ketones (excluding diaryl/α,β-unsaturated/α-hetero) is 1. The Morgan fingerprint density at radius 3 is 2.67 bits per heavy atom. The molecule has 0 amide bonds. The summed E-state index contributed by atoms with van der Waals surface area (Å²) in [5.74, 6) is -0.260. The van der Waals surface area contributed by atoms with Crippen LogP contribution in [0.5, 0.6) is 0 Å². The number of hydrogen-bond donors (Lipinski definition) is 2. The van der Waals surface area contributed by atoms with E-state index in [9.17, 15) is 14.0 Å². The number of fused-ring (bicyclic) bond motifs is 2. The van der Waals surface area contributed by atoms with E-state index in [4.69, 9.17) is 5.73 Å². The molecule has 0 saturated heterocycles. The molecule has 33 heavy (non-hydrogen) atoms. The molecule has 3 aromatic heterocycles. The molecule has 0 spiro atoms. The van der Waals surface area contributed by atoms with Crippen molar-refractivity contribution in [3.05, 3.63) is 93.8 Å². The maximum absolute atomic E-state index is 14.7. The number of benzene rings is 2. The zero-order valence-electron chi connectivity index (χ0n) is 18.1. The number of pyridine rings is 2. The van der Waals surface area contributed by atoms with Crippen LogP contribution in [0.25, 0.3) is 32.9 Å². The molecule has 3 heterocycles. The van der Waals surface area contributed by atoms with Crippen LogP contribution in [0.3, 0.4) is 0 Å². The molecule has 5 aromatic rings. The number of nitrogens with two attached hydrogens (primary N) is 1. The summed E-state index contributed by atoms with van der Waals surface area (Å²) in [5, 5.41) is 1.52. The predicted molar refractivity (Wildman–Crippen MR) is 128 cm³/mol. The summed E-state index contributed by atoms with van der Waals surface area (Å²) in [6.07, 6.45) is 1.54. The molecule has 0 atom stereocenters. The standard InChI is InChI=1S/C26H21FN4O2/c1-14-10-19-22(12-20(14)27)31(13-16-11-23(28)30-21-8-4-3-6-17(16)21)25(15(2)32)24(19)18-7-5-9-29-26(18)33/h3-12H,13H2,1-2H3,(H2,28,30)(H,29,33). The number of hydrogen-bond acceptors (Lipinski definition) is 4. The van der Waals surface area contributed by atoms with Crippen LogP contribution in [0.4, 0.5) is 10.2 Å². The highest BCUT2D eigenvalue weighted by molar-refractivity contribution is 6.10. The topological polar surface area (TPSA) is 93.8 Å². The van der Waals surface area contributed by atoms with Crippen LogP contribution in [0.2, 0.25) is 0 Å². The first-order valence-electron chi connectivity index (χ1n) is 10.5. The quantitative estimate of drug-likeness (QED) is 0.392. The second-order valence-electron chi connectivity index (χ2n) is 8.12. The van der Waals surface area contributed by atoms with Crippen molar-refractivity contribution in [2.75, 3.05) is 5.73 Å². The summed E-state index contributed by atoms with van der Waals surface area (Å²) >= 11 is 0. The lowest BCUT2D eigenvalue weighted by Crippen LogP contribution is -2.12. The lowest BCUT2D eigenvalue weighted by atomic mass is 10.0. The number of aryl methyl sites for hydroxylation is 1. The second kappa shape index (κ2) is 7.70. The van der Waals surface area contributed by atoms with Crippen LogP contribution in [-0.2, 0) is 6.54 Å². The third-order valence-corrected chi connectivity index (χ3v) is 5.91. The summed E-state index contributed by atoms with van der Waals surface area (Å²) in [7, 11) is 0. The first-order chi connectivity index (χ1) is 15.8. The van der Waals surface area contributed by atoms with Crippen LogP contribution in [0, 0.1) is 12.7 Å². The Morgan fingerprint density at radius 2 is 1.91 bits per heavy atom. The highest BCUT2D eigenvalue weighted by Crippen LogP contribution is 2.36. The van der Waals surface area contributed by atoms with E-state index in [0.29, 0.717) is 39.1 Å². The second-order valence-corrected chi connectivity index (χ2v) is 8.12. The van der Waals surface area contributed by atoms with Crippen molar-refractivity contribution in [2.24, 2.45) is 0 Å². The number of aromatic nitrogens is 3. The van der Waals surface area contributed by atoms with Gasteiger partial charge in [-0.05, 0) is 54.4 Å². The fraction of sp³-hybridized carbons (Fsp3) is 0.115. The normalized spacial score (nSPS) is 11.4. The first kappa shape index (κ1) is 20.6. The number of anilines is 1. The Hall–Kier alpha value is -4.26. The van der Waals surface area contributed by atoms with Crippen LogP contribution in [0.1, 0.15) is 28.5 Å². The molecule has 2 aromatic carbocycles. The van der Waals surface area contributed by atoms with Gasteiger partial charge in [-0.2, -0.15) is 0 Å². The Bertz CT molecular complexity index is 1630. The van der Waals surface area contributed by atoms with Crippen molar-refractivity contribution in [2.45, 2.75) is 20.4 Å². The number of nitrogen functional groups attached to an aromatic ring is 1. The molecule has 164 valence electrons. The molecule has 0 radical (unpaired) electrons. The molecule has 7 heteroatoms. The van der Waals surface area contributed by atoms with Crippen LogP contribution < -0.4 is 11.3 Å². The fourth-order valence-corrected chi connectivity index (χ4v) is 4.47. The SMILES string of the molecule is CC(=O)c1c(-c2ccc[nH]c2=O)c2cc(C)c(F)cc2n1Cc1cc(N)nc2ccccc12. The van der Waals surface area contributed by atoms with Crippen molar-refractivity contribution in [1.29, 1.82) is 0 Å². The maximum atomic E-state index is 14.7. The molecule has 0 unspecified atom stereocenters. The van der Waals surface area contributed by atoms with E-state index in [0.717, 1.165) is 16.5 Å². The molecule has 0 aliphatic heterocycles. The van der Waals surface area contributed by atoms with E-state index in [-0.39, 0.29) is 23.7 Å². The number of aromatic amines is 1. The van der Waals surface area contributed by atoms with Gasteiger partial charge in [0.1, 0.15) is 11.6 Å². The van der Waals surface area contributed by atoms with Crippen molar-refractivity contribution < 1.29 is 9.18 Å². The van der Waals surface area contributed by atoms with E-state index < -0.39 is 0 Å². The highest BCUT2D eigenvalue weighted by Gasteiger charge is 2.25. The summed E-state index contributed by atoms with van der Waals surface area (Å²) in [4.78, 5) is 32.7. The Morgan fingerprint density at radius 1 is 1.12 bits per heavy atom. The molecule has 0 fully saturated rings. The fourth-order valence-electron chi connectivity index (χ4n) is 4.47. The van der Waals surface area contributed by atoms with Gasteiger partial charge in [0.05, 0.1) is 16.7 Å². The van der Waals surface area contributed by atoms with Gasteiger partial charge in [0, 0.05) is 41.6 Å². The van der Waals surface area contributed by atoms with Gasteiger partial charge in [-0.3, -0.25) is 9.59 Å². The smallest absolute Gasteiger partial charge is 0.255 e. The molecule has 3 N–H and O–H groups in total. The lowest BCUT2D eigenvalue weighted by molar-refractivity contribution is 0.101. The number of carbonyl (C=O) groups excluding carboxylic acids is 1. The van der Waals surface area contributed by atoms with Crippen LogP contribution in [0.15, 0.2) is 65.6 Å². The lowest BCUT2D eigenvalue weighted by Gasteiger charge is -2.13. The first-order valence-corrected chi connectivity index (χ1v) is 10.5. The monoisotopic (exact) mass is 440 g/mol. The number of ketones is 1. The molecule has 6 nitrogen and oxygen atoms in total. The Balaban J connectivity index is 1.88. The minimum absolute atomic E-state index is 0.228. The number of nitrogens with zero attached hydrogens (tertiary/aromatic N) is 2. The van der Waals surface area contributed by atoms with E-state index in [1.807, 2.05) is 24.3 Å². The van der Waals surface area contributed by atoms with Crippen molar-refractivity contribution >= 4 is 33.4 Å². The number of para-hydroxylation sites is 1. The summed E-state index contributed by atoms with van der Waals surface area (Å²) in [5.41, 5.74) is 9.46. The van der Waals surface area contributed by atoms with Gasteiger partial charge in [0.25, 0.3) is 5.56 Å². The van der Waals surface area contributed by atoms with Crippen molar-refractivity contribution in [3.8, 4) is 11.1 Å². The van der Waals surface area contributed by atoms with E-state index >= 15 is 0 Å². The zero-order valence-corrected chi connectivity index (χ0v) is 18.1. The van der Waals surface area contributed by atoms with Gasteiger partial charge in [-0.1, -0.05) is 18.2 Å². The molecule has 5 rings (SSSR count). The number of nitrogens with one attached hydrogen (secondary N) is 1.